The average molecular weight is 321 g/mol. The first-order valence-electron chi connectivity index (χ1n) is 8.22. The van der Waals surface area contributed by atoms with E-state index in [1.165, 1.54) is 11.1 Å². The minimum absolute atomic E-state index is 0.555. The second-order valence-corrected chi connectivity index (χ2v) is 5.80. The van der Waals surface area contributed by atoms with Crippen LogP contribution in [-0.2, 0) is 13.0 Å². The summed E-state index contributed by atoms with van der Waals surface area (Å²) in [7, 11) is 0. The summed E-state index contributed by atoms with van der Waals surface area (Å²) in [5, 5.41) is 4.16. The highest BCUT2D eigenvalue weighted by Gasteiger charge is 2.21. The molecule has 0 bridgehead atoms. The first-order valence-corrected chi connectivity index (χ1v) is 8.22. The van der Waals surface area contributed by atoms with Gasteiger partial charge in [0.1, 0.15) is 5.75 Å². The lowest BCUT2D eigenvalue weighted by Crippen LogP contribution is -2.31. The van der Waals surface area contributed by atoms with Crippen molar-refractivity contribution >= 4 is 5.95 Å². The summed E-state index contributed by atoms with van der Waals surface area (Å²) in [6, 6.07) is 16.1. The topological polar surface area (TPSA) is 51.4 Å². The monoisotopic (exact) mass is 321 g/mol. The van der Waals surface area contributed by atoms with Crippen LogP contribution in [0.15, 0.2) is 53.1 Å². The maximum atomic E-state index is 5.61. The van der Waals surface area contributed by atoms with E-state index in [-0.39, 0.29) is 0 Å². The van der Waals surface area contributed by atoms with E-state index in [1.807, 2.05) is 43.3 Å². The van der Waals surface area contributed by atoms with Crippen LogP contribution in [0.5, 0.6) is 5.75 Å². The molecule has 0 unspecified atom stereocenters. The van der Waals surface area contributed by atoms with Gasteiger partial charge in [0.05, 0.1) is 6.61 Å². The number of nitrogens with zero attached hydrogens (tertiary/aromatic N) is 3. The fourth-order valence-electron chi connectivity index (χ4n) is 3.00. The average Bonchev–Trinajstić information content (AvgIpc) is 3.12. The summed E-state index contributed by atoms with van der Waals surface area (Å²) in [6.45, 7) is 4.32. The minimum atomic E-state index is 0.555. The molecule has 0 radical (unpaired) electrons. The van der Waals surface area contributed by atoms with E-state index in [0.717, 1.165) is 30.8 Å². The maximum Gasteiger partial charge on any atom is 0.266 e. The second kappa shape index (κ2) is 6.35. The Morgan fingerprint density at radius 2 is 2.00 bits per heavy atom. The number of hydrogen-bond donors (Lipinski definition) is 0. The van der Waals surface area contributed by atoms with Gasteiger partial charge < -0.3 is 14.2 Å². The number of ether oxygens (including phenoxy) is 1. The molecule has 5 nitrogen and oxygen atoms in total. The lowest BCUT2D eigenvalue weighted by atomic mass is 10.00. The van der Waals surface area contributed by atoms with E-state index in [1.54, 1.807) is 0 Å². The minimum Gasteiger partial charge on any atom is -0.494 e. The molecule has 0 fully saturated rings. The molecule has 1 aliphatic heterocycles. The summed E-state index contributed by atoms with van der Waals surface area (Å²) >= 11 is 0. The van der Waals surface area contributed by atoms with Crippen molar-refractivity contribution in [2.75, 3.05) is 18.1 Å². The van der Waals surface area contributed by atoms with Crippen LogP contribution in [0.25, 0.3) is 11.5 Å². The van der Waals surface area contributed by atoms with Gasteiger partial charge in [-0.05, 0) is 53.9 Å². The highest BCUT2D eigenvalue weighted by atomic mass is 16.5. The Morgan fingerprint density at radius 3 is 2.83 bits per heavy atom. The molecule has 0 N–H and O–H groups in total. The van der Waals surface area contributed by atoms with Crippen molar-refractivity contribution in [1.29, 1.82) is 0 Å². The van der Waals surface area contributed by atoms with Crippen molar-refractivity contribution in [1.82, 2.24) is 10.1 Å². The van der Waals surface area contributed by atoms with Gasteiger partial charge >= 0.3 is 0 Å². The van der Waals surface area contributed by atoms with E-state index < -0.39 is 0 Å². The number of benzene rings is 2. The second-order valence-electron chi connectivity index (χ2n) is 5.80. The Balaban J connectivity index is 1.56. The Labute approximate surface area is 140 Å². The van der Waals surface area contributed by atoms with Crippen molar-refractivity contribution in [3.05, 3.63) is 59.7 Å². The van der Waals surface area contributed by atoms with Crippen LogP contribution in [0.1, 0.15) is 18.1 Å². The van der Waals surface area contributed by atoms with Gasteiger partial charge in [-0.15, -0.1) is 0 Å². The van der Waals surface area contributed by atoms with Gasteiger partial charge in [-0.3, -0.25) is 0 Å². The molecule has 0 saturated heterocycles. The zero-order valence-corrected chi connectivity index (χ0v) is 13.6. The zero-order chi connectivity index (χ0) is 16.4. The number of aromatic nitrogens is 2. The third kappa shape index (κ3) is 2.85. The predicted molar refractivity (Wildman–Crippen MR) is 92.1 cm³/mol. The van der Waals surface area contributed by atoms with Crippen LogP contribution in [-0.4, -0.2) is 23.3 Å². The molecule has 0 saturated carbocycles. The molecule has 1 aliphatic rings. The Hall–Kier alpha value is -2.82. The third-order valence-electron chi connectivity index (χ3n) is 4.22. The zero-order valence-electron chi connectivity index (χ0n) is 13.6. The molecule has 0 atom stereocenters. The molecule has 0 spiro atoms. The van der Waals surface area contributed by atoms with Crippen molar-refractivity contribution in [3.8, 4) is 17.2 Å². The fraction of sp³-hybridized carbons (Fsp3) is 0.263. The molecule has 2 heterocycles. The van der Waals surface area contributed by atoms with Crippen molar-refractivity contribution < 1.29 is 9.26 Å². The Kier molecular flexibility index (Phi) is 3.91. The van der Waals surface area contributed by atoms with Crippen LogP contribution >= 0.6 is 0 Å². The van der Waals surface area contributed by atoms with Gasteiger partial charge in [0.25, 0.3) is 11.8 Å². The molecule has 0 amide bonds. The number of fused-ring (bicyclic) bond motifs is 1. The number of rotatable bonds is 4. The molecular formula is C19H19N3O2. The van der Waals surface area contributed by atoms with Crippen molar-refractivity contribution in [2.45, 2.75) is 19.9 Å². The van der Waals surface area contributed by atoms with Crippen LogP contribution in [0.2, 0.25) is 0 Å². The highest BCUT2D eigenvalue weighted by molar-refractivity contribution is 5.54. The third-order valence-corrected chi connectivity index (χ3v) is 4.22. The fourth-order valence-corrected chi connectivity index (χ4v) is 3.00. The van der Waals surface area contributed by atoms with E-state index in [9.17, 15) is 0 Å². The van der Waals surface area contributed by atoms with Crippen LogP contribution in [0.3, 0.4) is 0 Å². The van der Waals surface area contributed by atoms with E-state index in [0.29, 0.717) is 18.4 Å². The van der Waals surface area contributed by atoms with Gasteiger partial charge in [-0.25, -0.2) is 0 Å². The predicted octanol–water partition coefficient (Wildman–Crippen LogP) is 3.70. The summed E-state index contributed by atoms with van der Waals surface area (Å²) < 4.78 is 11.0. The van der Waals surface area contributed by atoms with Crippen molar-refractivity contribution in [2.24, 2.45) is 0 Å². The number of anilines is 1. The lowest BCUT2D eigenvalue weighted by molar-refractivity contribution is 0.339. The molecule has 0 aliphatic carbocycles. The Morgan fingerprint density at radius 1 is 1.12 bits per heavy atom. The van der Waals surface area contributed by atoms with Crippen LogP contribution in [0, 0.1) is 0 Å². The van der Waals surface area contributed by atoms with Crippen LogP contribution in [0.4, 0.5) is 5.95 Å². The molecule has 4 rings (SSSR count). The number of hydrogen-bond acceptors (Lipinski definition) is 5. The van der Waals surface area contributed by atoms with E-state index >= 15 is 0 Å². The largest absolute Gasteiger partial charge is 0.494 e. The maximum absolute atomic E-state index is 5.61. The summed E-state index contributed by atoms with van der Waals surface area (Å²) in [5.41, 5.74) is 3.56. The first-order chi connectivity index (χ1) is 11.8. The van der Waals surface area contributed by atoms with Gasteiger partial charge in [-0.1, -0.05) is 24.3 Å². The lowest BCUT2D eigenvalue weighted by Gasteiger charge is -2.27. The smallest absolute Gasteiger partial charge is 0.266 e. The van der Waals surface area contributed by atoms with E-state index in [2.05, 4.69) is 27.2 Å². The normalized spacial score (nSPS) is 13.6. The molecule has 3 aromatic rings. The van der Waals surface area contributed by atoms with E-state index in [4.69, 9.17) is 9.26 Å². The molecule has 5 heteroatoms. The van der Waals surface area contributed by atoms with Crippen molar-refractivity contribution in [3.63, 3.8) is 0 Å². The molecule has 2 aromatic carbocycles. The SMILES string of the molecule is CCOc1ccc2c(c1)CN(c1noc(-c3ccccc3)n1)CC2. The summed E-state index contributed by atoms with van der Waals surface area (Å²) in [6.07, 6.45) is 0.969. The summed E-state index contributed by atoms with van der Waals surface area (Å²) in [4.78, 5) is 6.70. The quantitative estimate of drug-likeness (QED) is 0.733. The molecular weight excluding hydrogens is 302 g/mol. The highest BCUT2D eigenvalue weighted by Crippen LogP contribution is 2.27. The van der Waals surface area contributed by atoms with Gasteiger partial charge in [0.15, 0.2) is 0 Å². The van der Waals surface area contributed by atoms with Gasteiger partial charge in [0, 0.05) is 18.7 Å². The Bertz CT molecular complexity index is 830. The first kappa shape index (κ1) is 14.8. The summed E-state index contributed by atoms with van der Waals surface area (Å²) in [5.74, 6) is 2.11. The van der Waals surface area contributed by atoms with Gasteiger partial charge in [0.2, 0.25) is 0 Å². The molecule has 24 heavy (non-hydrogen) atoms. The van der Waals surface area contributed by atoms with Crippen LogP contribution < -0.4 is 9.64 Å². The standard InChI is InChI=1S/C19H19N3O2/c1-2-23-17-9-8-14-10-11-22(13-16(14)12-17)19-20-18(24-21-19)15-6-4-3-5-7-15/h3-9,12H,2,10-11,13H2,1H3. The molecule has 122 valence electrons. The molecule has 1 aromatic heterocycles. The van der Waals surface area contributed by atoms with Gasteiger partial charge in [-0.2, -0.15) is 4.98 Å².